The second-order valence-corrected chi connectivity index (χ2v) is 2.67. The summed E-state index contributed by atoms with van der Waals surface area (Å²) in [4.78, 5) is 0. The summed E-state index contributed by atoms with van der Waals surface area (Å²) in [6, 6.07) is 17.4. The molecule has 0 fully saturated rings. The summed E-state index contributed by atoms with van der Waals surface area (Å²) in [6.07, 6.45) is 0. The second-order valence-electron chi connectivity index (χ2n) is 2.67. The topological polar surface area (TPSA) is 40.5 Å². The number of aromatic hydroxyl groups is 2. The van der Waals surface area contributed by atoms with Gasteiger partial charge in [0.2, 0.25) is 0 Å². The number of hydrogen-bond donors (Lipinski definition) is 2. The van der Waals surface area contributed by atoms with Crippen LogP contribution in [0, 0.1) is 0 Å². The molecular formula is C12H13ClO2Zn. The van der Waals surface area contributed by atoms with E-state index in [1.807, 2.05) is 12.1 Å². The van der Waals surface area contributed by atoms with Crippen molar-refractivity contribution in [2.24, 2.45) is 0 Å². The zero-order valence-electron chi connectivity index (χ0n) is 8.78. The van der Waals surface area contributed by atoms with Crippen molar-refractivity contribution in [2.45, 2.75) is 0 Å². The first kappa shape index (κ1) is 17.4. The summed E-state index contributed by atoms with van der Waals surface area (Å²) in [6.45, 7) is 0. The van der Waals surface area contributed by atoms with Gasteiger partial charge in [0.25, 0.3) is 0 Å². The zero-order valence-corrected chi connectivity index (χ0v) is 12.6. The van der Waals surface area contributed by atoms with Crippen LogP contribution in [0.25, 0.3) is 0 Å². The molecule has 0 unspecified atom stereocenters. The van der Waals surface area contributed by atoms with E-state index in [1.165, 1.54) is 0 Å². The Morgan fingerprint density at radius 3 is 0.938 bits per heavy atom. The summed E-state index contributed by atoms with van der Waals surface area (Å²) in [5.74, 6) is 0.644. The van der Waals surface area contributed by atoms with Gasteiger partial charge in [-0.15, -0.1) is 12.4 Å². The number of para-hydroxylation sites is 2. The quantitative estimate of drug-likeness (QED) is 0.731. The van der Waals surface area contributed by atoms with E-state index in [4.69, 9.17) is 10.2 Å². The van der Waals surface area contributed by atoms with Crippen molar-refractivity contribution < 1.29 is 29.7 Å². The number of phenols is 2. The van der Waals surface area contributed by atoms with Crippen molar-refractivity contribution in [3.63, 3.8) is 0 Å². The third kappa shape index (κ3) is 8.28. The van der Waals surface area contributed by atoms with E-state index in [2.05, 4.69) is 0 Å². The van der Waals surface area contributed by atoms with Crippen LogP contribution in [0.5, 0.6) is 11.5 Å². The average Bonchev–Trinajstić information content (AvgIpc) is 2.21. The van der Waals surface area contributed by atoms with Gasteiger partial charge in [-0.1, -0.05) is 36.4 Å². The van der Waals surface area contributed by atoms with Gasteiger partial charge < -0.3 is 10.2 Å². The maximum Gasteiger partial charge on any atom is 0.115 e. The fourth-order valence-corrected chi connectivity index (χ4v) is 0.856. The molecule has 2 rings (SSSR count). The van der Waals surface area contributed by atoms with Crippen molar-refractivity contribution in [3.05, 3.63) is 60.7 Å². The van der Waals surface area contributed by atoms with Gasteiger partial charge >= 0.3 is 0 Å². The molecule has 0 aliphatic carbocycles. The van der Waals surface area contributed by atoms with E-state index >= 15 is 0 Å². The van der Waals surface area contributed by atoms with Gasteiger partial charge in [0.1, 0.15) is 11.5 Å². The van der Waals surface area contributed by atoms with E-state index in [1.54, 1.807) is 48.5 Å². The molecule has 0 spiro atoms. The molecule has 0 aromatic heterocycles. The molecule has 2 aromatic carbocycles. The van der Waals surface area contributed by atoms with Gasteiger partial charge in [-0.05, 0) is 24.3 Å². The smallest absolute Gasteiger partial charge is 0.115 e. The fourth-order valence-electron chi connectivity index (χ4n) is 0.856. The Bertz CT molecular complexity index is 316. The number of phenolic OH excluding ortho intramolecular Hbond substituents is 2. The molecule has 0 aliphatic heterocycles. The van der Waals surface area contributed by atoms with Crippen LogP contribution in [0.2, 0.25) is 0 Å². The Morgan fingerprint density at radius 2 is 0.812 bits per heavy atom. The molecule has 2 aromatic rings. The normalized spacial score (nSPS) is 7.50. The van der Waals surface area contributed by atoms with Crippen molar-refractivity contribution in [3.8, 4) is 11.5 Å². The molecular weight excluding hydrogens is 277 g/mol. The van der Waals surface area contributed by atoms with E-state index < -0.39 is 0 Å². The largest absolute Gasteiger partial charge is 0.508 e. The van der Waals surface area contributed by atoms with Crippen molar-refractivity contribution in [1.29, 1.82) is 0 Å². The number of hydrogen-bond acceptors (Lipinski definition) is 2. The van der Waals surface area contributed by atoms with Gasteiger partial charge in [0.05, 0.1) is 0 Å². The van der Waals surface area contributed by atoms with Crippen LogP contribution < -0.4 is 0 Å². The van der Waals surface area contributed by atoms with Gasteiger partial charge in [-0.2, -0.15) is 0 Å². The molecule has 2 N–H and O–H groups in total. The maximum atomic E-state index is 8.63. The molecule has 0 heterocycles. The van der Waals surface area contributed by atoms with Crippen LogP contribution in [0.4, 0.5) is 0 Å². The van der Waals surface area contributed by atoms with Gasteiger partial charge in [-0.25, -0.2) is 0 Å². The third-order valence-corrected chi connectivity index (χ3v) is 1.51. The summed E-state index contributed by atoms with van der Waals surface area (Å²) in [5.41, 5.74) is 0. The Labute approximate surface area is 114 Å². The van der Waals surface area contributed by atoms with Crippen LogP contribution in [0.3, 0.4) is 0 Å². The molecule has 0 amide bonds. The van der Waals surface area contributed by atoms with Crippen LogP contribution >= 0.6 is 12.4 Å². The summed E-state index contributed by atoms with van der Waals surface area (Å²) >= 11 is 0. The zero-order chi connectivity index (χ0) is 10.2. The first-order valence-electron chi connectivity index (χ1n) is 4.27. The molecule has 2 nitrogen and oxygen atoms in total. The second kappa shape index (κ2) is 10.5. The molecule has 0 bridgehead atoms. The van der Waals surface area contributed by atoms with Crippen LogP contribution in [-0.2, 0) is 19.5 Å². The summed E-state index contributed by atoms with van der Waals surface area (Å²) < 4.78 is 0. The molecule has 0 aliphatic rings. The van der Waals surface area contributed by atoms with Gasteiger partial charge in [0, 0.05) is 19.5 Å². The first-order valence-corrected chi connectivity index (χ1v) is 4.27. The molecule has 82 valence electrons. The monoisotopic (exact) mass is 288 g/mol. The molecule has 0 atom stereocenters. The SMILES string of the molecule is Cl.Oc1ccccc1.Oc1ccccc1.[Zn]. The molecule has 0 saturated carbocycles. The van der Waals surface area contributed by atoms with Gasteiger partial charge in [0.15, 0.2) is 0 Å². The predicted octanol–water partition coefficient (Wildman–Crippen LogP) is 3.20. The van der Waals surface area contributed by atoms with Crippen LogP contribution in [0.15, 0.2) is 60.7 Å². The van der Waals surface area contributed by atoms with Crippen LogP contribution in [-0.4, -0.2) is 10.2 Å². The predicted molar refractivity (Wildman–Crippen MR) is 63.5 cm³/mol. The van der Waals surface area contributed by atoms with Crippen molar-refractivity contribution in [1.82, 2.24) is 0 Å². The Kier molecular flexibility index (Phi) is 11.4. The molecule has 0 saturated heterocycles. The van der Waals surface area contributed by atoms with E-state index in [0.717, 1.165) is 0 Å². The number of halogens is 1. The first-order chi connectivity index (χ1) is 6.79. The number of benzene rings is 2. The van der Waals surface area contributed by atoms with Crippen LogP contribution in [0.1, 0.15) is 0 Å². The Morgan fingerprint density at radius 1 is 0.562 bits per heavy atom. The Hall–Kier alpha value is -1.05. The molecule has 4 heteroatoms. The van der Waals surface area contributed by atoms with Gasteiger partial charge in [-0.3, -0.25) is 0 Å². The van der Waals surface area contributed by atoms with E-state index in [9.17, 15) is 0 Å². The third-order valence-electron chi connectivity index (χ3n) is 1.51. The minimum atomic E-state index is 0. The average molecular weight is 290 g/mol. The van der Waals surface area contributed by atoms with Crippen molar-refractivity contribution >= 4 is 12.4 Å². The standard InChI is InChI=1S/2C6H6O.ClH.Zn/c2*7-6-4-2-1-3-5-6;;/h2*1-5,7H;1H;. The number of rotatable bonds is 0. The minimum absolute atomic E-state index is 0. The van der Waals surface area contributed by atoms with Crippen molar-refractivity contribution in [2.75, 3.05) is 0 Å². The summed E-state index contributed by atoms with van der Waals surface area (Å²) in [5, 5.41) is 17.3. The Balaban J connectivity index is 0. The molecule has 16 heavy (non-hydrogen) atoms. The molecule has 0 radical (unpaired) electrons. The fraction of sp³-hybridized carbons (Fsp3) is 0. The maximum absolute atomic E-state index is 8.63. The van der Waals surface area contributed by atoms with E-state index in [0.29, 0.717) is 11.5 Å². The minimum Gasteiger partial charge on any atom is -0.508 e. The van der Waals surface area contributed by atoms with E-state index in [-0.39, 0.29) is 31.9 Å². The summed E-state index contributed by atoms with van der Waals surface area (Å²) in [7, 11) is 0.